The van der Waals surface area contributed by atoms with Gasteiger partial charge in [0.15, 0.2) is 0 Å². The second kappa shape index (κ2) is 4.08. The fraction of sp³-hybridized carbons (Fsp3) is 0.364. The van der Waals surface area contributed by atoms with Gasteiger partial charge in [-0.15, -0.1) is 0 Å². The third kappa shape index (κ3) is 1.85. The number of hydrogen-bond donors (Lipinski definition) is 1. The Kier molecular flexibility index (Phi) is 2.77. The summed E-state index contributed by atoms with van der Waals surface area (Å²) in [6.45, 7) is 1.72. The minimum absolute atomic E-state index is 0.0864. The van der Waals surface area contributed by atoms with E-state index in [2.05, 4.69) is 10.1 Å². The lowest BCUT2D eigenvalue weighted by Gasteiger charge is -2.24. The highest BCUT2D eigenvalue weighted by Gasteiger charge is 2.26. The van der Waals surface area contributed by atoms with Gasteiger partial charge in [0.1, 0.15) is 11.6 Å². The average molecular weight is 227 g/mol. The van der Waals surface area contributed by atoms with Crippen molar-refractivity contribution in [1.82, 2.24) is 5.32 Å². The summed E-state index contributed by atoms with van der Waals surface area (Å²) < 4.78 is 31.9. The molecule has 1 amide bonds. The van der Waals surface area contributed by atoms with E-state index >= 15 is 0 Å². The molecule has 3 nitrogen and oxygen atoms in total. The largest absolute Gasteiger partial charge is 0.449 e. The maximum atomic E-state index is 13.7. The van der Waals surface area contributed by atoms with E-state index in [0.717, 1.165) is 0 Å². The summed E-state index contributed by atoms with van der Waals surface area (Å²) >= 11 is 0. The Morgan fingerprint density at radius 3 is 2.88 bits per heavy atom. The molecule has 0 unspecified atom stereocenters. The van der Waals surface area contributed by atoms with Gasteiger partial charge in [-0.1, -0.05) is 6.07 Å². The molecule has 5 heteroatoms. The highest BCUT2D eigenvalue weighted by Crippen LogP contribution is 2.27. The summed E-state index contributed by atoms with van der Waals surface area (Å²) in [7, 11) is 0. The molecule has 1 saturated heterocycles. The van der Waals surface area contributed by atoms with Gasteiger partial charge in [-0.05, 0) is 18.6 Å². The Morgan fingerprint density at radius 2 is 2.19 bits per heavy atom. The first-order valence-corrected chi connectivity index (χ1v) is 4.97. The second-order valence-corrected chi connectivity index (χ2v) is 3.71. The number of alkyl carbamates (subject to hydrolysis) is 1. The van der Waals surface area contributed by atoms with Gasteiger partial charge in [0.25, 0.3) is 0 Å². The molecule has 16 heavy (non-hydrogen) atoms. The Morgan fingerprint density at radius 1 is 1.44 bits per heavy atom. The molecule has 1 N–H and O–H groups in total. The van der Waals surface area contributed by atoms with Crippen molar-refractivity contribution in [2.75, 3.05) is 6.61 Å². The predicted octanol–water partition coefficient (Wildman–Crippen LogP) is 2.44. The molecular weight excluding hydrogens is 216 g/mol. The Hall–Kier alpha value is -1.65. The zero-order valence-electron chi connectivity index (χ0n) is 8.72. The third-order valence-electron chi connectivity index (χ3n) is 2.60. The number of ether oxygens (including phenoxy) is 1. The third-order valence-corrected chi connectivity index (χ3v) is 2.60. The molecule has 1 fully saturated rings. The maximum Gasteiger partial charge on any atom is 0.407 e. The van der Waals surface area contributed by atoms with Crippen LogP contribution in [0.1, 0.15) is 23.6 Å². The van der Waals surface area contributed by atoms with E-state index < -0.39 is 23.8 Å². The normalized spacial score (nSPS) is 20.2. The van der Waals surface area contributed by atoms with Crippen molar-refractivity contribution in [2.45, 2.75) is 19.4 Å². The summed E-state index contributed by atoms with van der Waals surface area (Å²) in [4.78, 5) is 11.0. The van der Waals surface area contributed by atoms with Gasteiger partial charge in [0, 0.05) is 12.0 Å². The van der Waals surface area contributed by atoms with Crippen LogP contribution in [0.4, 0.5) is 13.6 Å². The van der Waals surface area contributed by atoms with Crippen molar-refractivity contribution in [3.63, 3.8) is 0 Å². The zero-order valence-corrected chi connectivity index (χ0v) is 8.72. The fourth-order valence-electron chi connectivity index (χ4n) is 1.74. The Labute approximate surface area is 91.4 Å². The second-order valence-electron chi connectivity index (χ2n) is 3.71. The maximum absolute atomic E-state index is 13.7. The van der Waals surface area contributed by atoms with E-state index in [-0.39, 0.29) is 12.2 Å². The number of benzene rings is 1. The quantitative estimate of drug-likeness (QED) is 0.800. The first-order chi connectivity index (χ1) is 7.59. The average Bonchev–Trinajstić information content (AvgIpc) is 2.24. The van der Waals surface area contributed by atoms with Crippen LogP contribution in [0.3, 0.4) is 0 Å². The molecule has 0 spiro atoms. The SMILES string of the molecule is Cc1ccc(F)c([C@H]2CCOC(=O)N2)c1F. The summed E-state index contributed by atoms with van der Waals surface area (Å²) in [5, 5.41) is 2.40. The molecule has 1 aromatic rings. The van der Waals surface area contributed by atoms with Gasteiger partial charge in [-0.2, -0.15) is 0 Å². The number of halogens is 2. The molecule has 0 radical (unpaired) electrons. The molecule has 1 atom stereocenters. The van der Waals surface area contributed by atoms with E-state index in [1.54, 1.807) is 6.92 Å². The fourth-order valence-corrected chi connectivity index (χ4v) is 1.74. The van der Waals surface area contributed by atoms with Crippen LogP contribution in [0, 0.1) is 18.6 Å². The van der Waals surface area contributed by atoms with Gasteiger partial charge >= 0.3 is 6.09 Å². The lowest BCUT2D eigenvalue weighted by atomic mass is 10.00. The van der Waals surface area contributed by atoms with Gasteiger partial charge in [-0.3, -0.25) is 0 Å². The first kappa shape index (κ1) is 10.9. The van der Waals surface area contributed by atoms with Gasteiger partial charge in [-0.25, -0.2) is 13.6 Å². The smallest absolute Gasteiger partial charge is 0.407 e. The molecular formula is C11H11F2NO2. The van der Waals surface area contributed by atoms with Crippen LogP contribution in [0.15, 0.2) is 12.1 Å². The summed E-state index contributed by atoms with van der Waals surface area (Å²) in [6, 6.07) is 1.92. The molecule has 1 aliphatic heterocycles. The van der Waals surface area contributed by atoms with Crippen LogP contribution in [-0.2, 0) is 4.74 Å². The number of rotatable bonds is 1. The molecule has 86 valence electrons. The first-order valence-electron chi connectivity index (χ1n) is 4.97. The van der Waals surface area contributed by atoms with Crippen molar-refractivity contribution in [1.29, 1.82) is 0 Å². The Balaban J connectivity index is 2.39. The number of aryl methyl sites for hydroxylation is 1. The van der Waals surface area contributed by atoms with Gasteiger partial charge in [0.2, 0.25) is 0 Å². The molecule has 0 bridgehead atoms. The van der Waals surface area contributed by atoms with E-state index in [9.17, 15) is 13.6 Å². The minimum atomic E-state index is -0.652. The van der Waals surface area contributed by atoms with Crippen LogP contribution in [0.2, 0.25) is 0 Å². The molecule has 1 heterocycles. The molecule has 0 saturated carbocycles. The van der Waals surface area contributed by atoms with Gasteiger partial charge < -0.3 is 10.1 Å². The zero-order chi connectivity index (χ0) is 11.7. The number of hydrogen-bond acceptors (Lipinski definition) is 2. The van der Waals surface area contributed by atoms with Crippen LogP contribution in [0.5, 0.6) is 0 Å². The number of carbonyl (C=O) groups excluding carboxylic acids is 1. The summed E-state index contributed by atoms with van der Waals surface area (Å²) in [6.07, 6.45) is -0.278. The highest BCUT2D eigenvalue weighted by atomic mass is 19.1. The number of amides is 1. The molecule has 2 rings (SSSR count). The number of carbonyl (C=O) groups is 1. The lowest BCUT2D eigenvalue weighted by Crippen LogP contribution is -2.36. The highest BCUT2D eigenvalue weighted by molar-refractivity contribution is 5.68. The molecule has 0 aliphatic carbocycles. The molecule has 1 aliphatic rings. The van der Waals surface area contributed by atoms with Crippen molar-refractivity contribution >= 4 is 6.09 Å². The topological polar surface area (TPSA) is 38.3 Å². The molecule has 0 aromatic heterocycles. The van der Waals surface area contributed by atoms with Crippen LogP contribution in [-0.4, -0.2) is 12.7 Å². The van der Waals surface area contributed by atoms with Gasteiger partial charge in [0.05, 0.1) is 12.6 Å². The van der Waals surface area contributed by atoms with E-state index in [4.69, 9.17) is 0 Å². The van der Waals surface area contributed by atoms with Crippen molar-refractivity contribution in [2.24, 2.45) is 0 Å². The minimum Gasteiger partial charge on any atom is -0.449 e. The standard InChI is InChI=1S/C11H11F2NO2/c1-6-2-3-7(12)9(10(6)13)8-4-5-16-11(15)14-8/h2-3,8H,4-5H2,1H3,(H,14,15)/t8-/m1/s1. The van der Waals surface area contributed by atoms with Crippen LogP contribution < -0.4 is 5.32 Å². The van der Waals surface area contributed by atoms with E-state index in [1.165, 1.54) is 12.1 Å². The monoisotopic (exact) mass is 227 g/mol. The number of cyclic esters (lactones) is 1. The predicted molar refractivity (Wildman–Crippen MR) is 52.9 cm³/mol. The number of nitrogens with one attached hydrogen (secondary N) is 1. The summed E-state index contributed by atoms with van der Waals surface area (Å²) in [5.74, 6) is -1.25. The van der Waals surface area contributed by atoms with Crippen LogP contribution in [0.25, 0.3) is 0 Å². The van der Waals surface area contributed by atoms with Crippen molar-refractivity contribution in [3.8, 4) is 0 Å². The summed E-state index contributed by atoms with van der Waals surface area (Å²) in [5.41, 5.74) is 0.272. The molecule has 1 aromatic carbocycles. The van der Waals surface area contributed by atoms with Crippen molar-refractivity contribution < 1.29 is 18.3 Å². The van der Waals surface area contributed by atoms with E-state index in [0.29, 0.717) is 12.0 Å². The van der Waals surface area contributed by atoms with Crippen molar-refractivity contribution in [3.05, 3.63) is 34.9 Å². The van der Waals surface area contributed by atoms with E-state index in [1.807, 2.05) is 0 Å². The van der Waals surface area contributed by atoms with Crippen LogP contribution >= 0.6 is 0 Å². The Bertz CT molecular complexity index is 434. The lowest BCUT2D eigenvalue weighted by molar-refractivity contribution is 0.114.